The van der Waals surface area contributed by atoms with Crippen LogP contribution in [0.2, 0.25) is 0 Å². The Bertz CT molecular complexity index is 1130. The second-order valence-corrected chi connectivity index (χ2v) is 7.59. The first-order valence-corrected chi connectivity index (χ1v) is 10.6. The molecule has 0 atom stereocenters. The van der Waals surface area contributed by atoms with Crippen molar-refractivity contribution < 1.29 is 14.3 Å². The Morgan fingerprint density at radius 3 is 2.45 bits per heavy atom. The number of aliphatic imine (C=N–C) groups is 1. The lowest BCUT2D eigenvalue weighted by molar-refractivity contribution is 0.100. The largest absolute Gasteiger partial charge is 0.497 e. The van der Waals surface area contributed by atoms with Crippen LogP contribution in [0.15, 0.2) is 59.6 Å². The molecule has 1 amide bonds. The molecule has 172 valence electrons. The summed E-state index contributed by atoms with van der Waals surface area (Å²) in [5.74, 6) is 1.81. The number of benzene rings is 2. The zero-order valence-electron chi connectivity index (χ0n) is 19.6. The lowest BCUT2D eigenvalue weighted by atomic mass is 10.1. The molecule has 2 aromatic carbocycles. The van der Waals surface area contributed by atoms with E-state index in [0.717, 1.165) is 17.7 Å². The number of amides is 1. The van der Waals surface area contributed by atoms with Crippen LogP contribution in [0.5, 0.6) is 11.8 Å². The van der Waals surface area contributed by atoms with Gasteiger partial charge in [-0.1, -0.05) is 24.3 Å². The van der Waals surface area contributed by atoms with Crippen LogP contribution in [-0.4, -0.2) is 61.5 Å². The fraction of sp³-hybridized carbons (Fsp3) is 0.280. The van der Waals surface area contributed by atoms with Crippen molar-refractivity contribution in [2.24, 2.45) is 4.99 Å². The van der Waals surface area contributed by atoms with Gasteiger partial charge in [0.15, 0.2) is 0 Å². The van der Waals surface area contributed by atoms with Gasteiger partial charge in [-0.15, -0.1) is 0 Å². The molecule has 1 N–H and O–H groups in total. The molecule has 0 fully saturated rings. The maximum atomic E-state index is 12.6. The molecule has 3 aromatic rings. The van der Waals surface area contributed by atoms with Crippen LogP contribution >= 0.6 is 0 Å². The van der Waals surface area contributed by atoms with Crippen molar-refractivity contribution in [2.75, 3.05) is 40.2 Å². The van der Waals surface area contributed by atoms with E-state index in [2.05, 4.69) is 20.3 Å². The SMILES string of the molecule is COc1ccc(CCNc2cc(-c3cccc(C(=O)/N=C(\C)N(C)C)c3)nc(OC)n2)cc1. The first kappa shape index (κ1) is 23.7. The fourth-order valence-electron chi connectivity index (χ4n) is 3.01. The third kappa shape index (κ3) is 6.52. The van der Waals surface area contributed by atoms with Gasteiger partial charge in [0.2, 0.25) is 0 Å². The Kier molecular flexibility index (Phi) is 7.96. The molecule has 0 saturated heterocycles. The van der Waals surface area contributed by atoms with E-state index in [4.69, 9.17) is 9.47 Å². The minimum Gasteiger partial charge on any atom is -0.497 e. The summed E-state index contributed by atoms with van der Waals surface area (Å²) in [5, 5.41) is 3.33. The average molecular weight is 448 g/mol. The van der Waals surface area contributed by atoms with Crippen LogP contribution < -0.4 is 14.8 Å². The van der Waals surface area contributed by atoms with Gasteiger partial charge < -0.3 is 19.7 Å². The van der Waals surface area contributed by atoms with Crippen LogP contribution in [0, 0.1) is 0 Å². The molecule has 1 aromatic heterocycles. The number of rotatable bonds is 8. The first-order valence-electron chi connectivity index (χ1n) is 10.6. The normalized spacial score (nSPS) is 11.1. The number of hydrogen-bond acceptors (Lipinski definition) is 6. The molecular formula is C25H29N5O3. The minimum atomic E-state index is -0.304. The third-order valence-corrected chi connectivity index (χ3v) is 5.08. The Morgan fingerprint density at radius 1 is 1.03 bits per heavy atom. The van der Waals surface area contributed by atoms with Crippen molar-refractivity contribution in [3.63, 3.8) is 0 Å². The van der Waals surface area contributed by atoms with Crippen LogP contribution in [-0.2, 0) is 6.42 Å². The van der Waals surface area contributed by atoms with Crippen LogP contribution in [0.3, 0.4) is 0 Å². The van der Waals surface area contributed by atoms with Crippen molar-refractivity contribution in [2.45, 2.75) is 13.3 Å². The molecule has 0 aliphatic carbocycles. The highest BCUT2D eigenvalue weighted by Crippen LogP contribution is 2.24. The molecule has 0 aliphatic heterocycles. The summed E-state index contributed by atoms with van der Waals surface area (Å²) in [5.41, 5.74) is 3.10. The van der Waals surface area contributed by atoms with E-state index in [1.165, 1.54) is 12.7 Å². The molecule has 1 heterocycles. The van der Waals surface area contributed by atoms with Crippen molar-refractivity contribution in [3.8, 4) is 23.0 Å². The number of anilines is 1. The molecule has 0 aliphatic rings. The van der Waals surface area contributed by atoms with Crippen molar-refractivity contribution in [1.82, 2.24) is 14.9 Å². The molecule has 0 spiro atoms. The Labute approximate surface area is 194 Å². The summed E-state index contributed by atoms with van der Waals surface area (Å²) in [6, 6.07) is 17.3. The van der Waals surface area contributed by atoms with Gasteiger partial charge in [-0.05, 0) is 43.2 Å². The molecule has 0 saturated carbocycles. The second-order valence-electron chi connectivity index (χ2n) is 7.59. The number of methoxy groups -OCH3 is 2. The topological polar surface area (TPSA) is 88.9 Å². The highest BCUT2D eigenvalue weighted by molar-refractivity contribution is 6.03. The van der Waals surface area contributed by atoms with E-state index in [1.54, 1.807) is 31.1 Å². The highest BCUT2D eigenvalue weighted by Gasteiger charge is 2.11. The van der Waals surface area contributed by atoms with Crippen molar-refractivity contribution >= 4 is 17.6 Å². The number of nitrogens with zero attached hydrogens (tertiary/aromatic N) is 4. The monoisotopic (exact) mass is 447 g/mol. The van der Waals surface area contributed by atoms with E-state index in [9.17, 15) is 4.79 Å². The molecule has 0 radical (unpaired) electrons. The number of nitrogens with one attached hydrogen (secondary N) is 1. The molecule has 33 heavy (non-hydrogen) atoms. The quantitative estimate of drug-likeness (QED) is 0.413. The predicted molar refractivity (Wildman–Crippen MR) is 130 cm³/mol. The zero-order chi connectivity index (χ0) is 23.8. The third-order valence-electron chi connectivity index (χ3n) is 5.08. The number of carbonyl (C=O) groups excluding carboxylic acids is 1. The average Bonchev–Trinajstić information content (AvgIpc) is 2.84. The van der Waals surface area contributed by atoms with Crippen molar-refractivity contribution in [3.05, 3.63) is 65.7 Å². The summed E-state index contributed by atoms with van der Waals surface area (Å²) in [6.45, 7) is 2.48. The summed E-state index contributed by atoms with van der Waals surface area (Å²) in [6.07, 6.45) is 0.818. The lowest BCUT2D eigenvalue weighted by Crippen LogP contribution is -2.19. The van der Waals surface area contributed by atoms with E-state index in [0.29, 0.717) is 29.5 Å². The Morgan fingerprint density at radius 2 is 1.79 bits per heavy atom. The van der Waals surface area contributed by atoms with Crippen LogP contribution in [0.4, 0.5) is 5.82 Å². The summed E-state index contributed by atoms with van der Waals surface area (Å²) in [7, 11) is 6.87. The Hall–Kier alpha value is -3.94. The number of carbonyl (C=O) groups is 1. The number of aromatic nitrogens is 2. The van der Waals surface area contributed by atoms with Gasteiger partial charge in [0.1, 0.15) is 17.4 Å². The highest BCUT2D eigenvalue weighted by atomic mass is 16.5. The molecule has 8 heteroatoms. The molecule has 8 nitrogen and oxygen atoms in total. The number of hydrogen-bond donors (Lipinski definition) is 1. The van der Waals surface area contributed by atoms with Crippen molar-refractivity contribution in [1.29, 1.82) is 0 Å². The Balaban J connectivity index is 1.77. The number of ether oxygens (including phenoxy) is 2. The van der Waals surface area contributed by atoms with Crippen LogP contribution in [0.1, 0.15) is 22.8 Å². The summed E-state index contributed by atoms with van der Waals surface area (Å²) < 4.78 is 10.5. The summed E-state index contributed by atoms with van der Waals surface area (Å²) >= 11 is 0. The summed E-state index contributed by atoms with van der Waals surface area (Å²) in [4.78, 5) is 27.3. The van der Waals surface area contributed by atoms with E-state index < -0.39 is 0 Å². The first-order chi connectivity index (χ1) is 15.9. The minimum absolute atomic E-state index is 0.248. The van der Waals surface area contributed by atoms with Gasteiger partial charge in [-0.25, -0.2) is 0 Å². The molecule has 0 unspecified atom stereocenters. The van der Waals surface area contributed by atoms with E-state index in [-0.39, 0.29) is 11.9 Å². The van der Waals surface area contributed by atoms with Gasteiger partial charge in [-0.3, -0.25) is 4.79 Å². The van der Waals surface area contributed by atoms with Gasteiger partial charge >= 0.3 is 6.01 Å². The zero-order valence-corrected chi connectivity index (χ0v) is 19.6. The molecule has 3 rings (SSSR count). The predicted octanol–water partition coefficient (Wildman–Crippen LogP) is 3.94. The fourth-order valence-corrected chi connectivity index (χ4v) is 3.01. The lowest BCUT2D eigenvalue weighted by Gasteiger charge is -2.11. The smallest absolute Gasteiger partial charge is 0.318 e. The van der Waals surface area contributed by atoms with Gasteiger partial charge in [0, 0.05) is 37.8 Å². The van der Waals surface area contributed by atoms with Gasteiger partial charge in [-0.2, -0.15) is 15.0 Å². The standard InChI is InChI=1S/C25H29N5O3/c1-17(30(2)3)27-24(31)20-8-6-7-19(15-20)22-16-23(29-25(28-22)33-5)26-14-13-18-9-11-21(32-4)12-10-18/h6-12,15-16H,13-14H2,1-5H3,(H,26,28,29)/b27-17+. The van der Waals surface area contributed by atoms with E-state index in [1.807, 2.05) is 56.6 Å². The van der Waals surface area contributed by atoms with Crippen LogP contribution in [0.25, 0.3) is 11.3 Å². The second kappa shape index (κ2) is 11.1. The van der Waals surface area contributed by atoms with Gasteiger partial charge in [0.25, 0.3) is 5.91 Å². The van der Waals surface area contributed by atoms with Gasteiger partial charge in [0.05, 0.1) is 19.9 Å². The van der Waals surface area contributed by atoms with E-state index >= 15 is 0 Å². The maximum absolute atomic E-state index is 12.6. The number of amidine groups is 1. The molecule has 0 bridgehead atoms. The maximum Gasteiger partial charge on any atom is 0.318 e. The molecular weight excluding hydrogens is 418 g/mol.